The summed E-state index contributed by atoms with van der Waals surface area (Å²) in [7, 11) is 0. The standard InChI is InChI=1S/C27H38N2O5S2/c1-5-6-11-29-21-10-8-7-9-20(30)13-23(31)18(3)24(32)15-26(33)34-25(14-22(21)29)17(2)12-19-16-36-27(28-19)35-4/h1,12,16,18,20-22,24-25,30,32H,6-11,13-15H2,2-4H3/b17-12+/t18-,20+,21-,22+,24+,25+,29?/m1/s1. The Bertz CT molecular complexity index is 972. The Morgan fingerprint density at radius 1 is 1.31 bits per heavy atom. The largest absolute Gasteiger partial charge is 0.458 e. The highest BCUT2D eigenvalue weighted by Crippen LogP contribution is 2.38. The highest BCUT2D eigenvalue weighted by molar-refractivity contribution is 8.00. The van der Waals surface area contributed by atoms with Crippen LogP contribution in [0.5, 0.6) is 0 Å². The first-order valence-electron chi connectivity index (χ1n) is 12.7. The molecule has 2 aliphatic rings. The second-order valence-electron chi connectivity index (χ2n) is 9.84. The molecule has 2 aliphatic heterocycles. The molecular formula is C27H38N2O5S2. The number of esters is 1. The number of carbonyl (C=O) groups excluding carboxylic acids is 2. The number of ketones is 1. The number of hydrogen-bond acceptors (Lipinski definition) is 9. The SMILES string of the molecule is C#CCCN1[C@@H]2CCCC[C@H](O)CC(=O)[C@@H](C)[C@@H](O)CC(=O)O[C@H](/C(C)=C/c3csc(SC)n3)C[C@@H]21. The van der Waals surface area contributed by atoms with Gasteiger partial charge in [-0.05, 0) is 37.7 Å². The van der Waals surface area contributed by atoms with E-state index < -0.39 is 30.2 Å². The third kappa shape index (κ3) is 8.15. The number of nitrogens with zero attached hydrogens (tertiary/aromatic N) is 2. The number of Topliss-reactive ketones (excluding diaryl/α,β-unsaturated/α-hetero) is 1. The Morgan fingerprint density at radius 2 is 2.06 bits per heavy atom. The lowest BCUT2D eigenvalue weighted by molar-refractivity contribution is -0.151. The second kappa shape index (κ2) is 13.7. The summed E-state index contributed by atoms with van der Waals surface area (Å²) in [6.07, 6.45) is 11.4. The van der Waals surface area contributed by atoms with Crippen molar-refractivity contribution >= 4 is 40.9 Å². The number of rotatable bonds is 5. The van der Waals surface area contributed by atoms with Crippen molar-refractivity contribution in [3.05, 3.63) is 16.6 Å². The molecule has 9 heteroatoms. The first-order chi connectivity index (χ1) is 17.2. The van der Waals surface area contributed by atoms with Gasteiger partial charge in [0.15, 0.2) is 0 Å². The summed E-state index contributed by atoms with van der Waals surface area (Å²) in [5.74, 6) is 1.19. The number of terminal acetylenes is 1. The fourth-order valence-corrected chi connectivity index (χ4v) is 6.12. The molecule has 0 spiro atoms. The summed E-state index contributed by atoms with van der Waals surface area (Å²) in [5, 5.41) is 22.8. The van der Waals surface area contributed by atoms with Gasteiger partial charge in [-0.15, -0.1) is 23.7 Å². The van der Waals surface area contributed by atoms with Crippen LogP contribution in [-0.2, 0) is 14.3 Å². The topological polar surface area (TPSA) is 99.7 Å². The molecular weight excluding hydrogens is 496 g/mol. The average molecular weight is 535 g/mol. The second-order valence-corrected chi connectivity index (χ2v) is 11.8. The van der Waals surface area contributed by atoms with Crippen molar-refractivity contribution in [1.82, 2.24) is 9.88 Å². The van der Waals surface area contributed by atoms with E-state index in [0.29, 0.717) is 25.3 Å². The van der Waals surface area contributed by atoms with E-state index in [1.165, 1.54) is 0 Å². The number of thiazole rings is 1. The number of aliphatic hydroxyl groups is 2. The van der Waals surface area contributed by atoms with Gasteiger partial charge in [-0.25, -0.2) is 4.98 Å². The van der Waals surface area contributed by atoms with Crippen molar-refractivity contribution in [2.75, 3.05) is 12.8 Å². The van der Waals surface area contributed by atoms with Crippen LogP contribution in [0.2, 0.25) is 0 Å². The van der Waals surface area contributed by atoms with Crippen LogP contribution >= 0.6 is 23.1 Å². The molecule has 7 nitrogen and oxygen atoms in total. The van der Waals surface area contributed by atoms with E-state index in [1.54, 1.807) is 30.0 Å². The van der Waals surface area contributed by atoms with Crippen molar-refractivity contribution in [2.45, 2.75) is 99.9 Å². The molecule has 3 heterocycles. The average Bonchev–Trinajstić information content (AvgIpc) is 3.26. The number of fused-ring (bicyclic) bond motifs is 1. The van der Waals surface area contributed by atoms with Gasteiger partial charge in [0.2, 0.25) is 0 Å². The minimum Gasteiger partial charge on any atom is -0.458 e. The zero-order valence-corrected chi connectivity index (χ0v) is 23.0. The van der Waals surface area contributed by atoms with Crippen LogP contribution < -0.4 is 0 Å². The Labute approximate surface area is 222 Å². The Balaban J connectivity index is 1.81. The minimum absolute atomic E-state index is 0.0102. The minimum atomic E-state index is -1.15. The molecule has 0 aromatic carbocycles. The van der Waals surface area contributed by atoms with Crippen LogP contribution in [-0.4, -0.2) is 75.0 Å². The molecule has 1 aromatic rings. The lowest BCUT2D eigenvalue weighted by Gasteiger charge is -2.22. The van der Waals surface area contributed by atoms with Gasteiger partial charge >= 0.3 is 5.97 Å². The molecule has 0 amide bonds. The first-order valence-corrected chi connectivity index (χ1v) is 14.8. The van der Waals surface area contributed by atoms with E-state index in [9.17, 15) is 19.8 Å². The molecule has 1 unspecified atom stereocenters. The molecule has 1 aromatic heterocycles. The van der Waals surface area contributed by atoms with Crippen LogP contribution in [0.4, 0.5) is 0 Å². The van der Waals surface area contributed by atoms with Gasteiger partial charge in [-0.2, -0.15) is 0 Å². The van der Waals surface area contributed by atoms with E-state index in [4.69, 9.17) is 11.2 Å². The van der Waals surface area contributed by atoms with E-state index in [-0.39, 0.29) is 24.7 Å². The van der Waals surface area contributed by atoms with Crippen molar-refractivity contribution in [2.24, 2.45) is 5.92 Å². The molecule has 198 valence electrons. The fraction of sp³-hybridized carbons (Fsp3) is 0.667. The summed E-state index contributed by atoms with van der Waals surface area (Å²) < 4.78 is 6.89. The van der Waals surface area contributed by atoms with E-state index in [2.05, 4.69) is 15.8 Å². The summed E-state index contributed by atoms with van der Waals surface area (Å²) in [6.45, 7) is 4.34. The highest BCUT2D eigenvalue weighted by Gasteiger charge is 2.47. The summed E-state index contributed by atoms with van der Waals surface area (Å²) in [6, 6.07) is 0.604. The third-order valence-corrected chi connectivity index (χ3v) is 9.08. The Morgan fingerprint density at radius 3 is 2.75 bits per heavy atom. The van der Waals surface area contributed by atoms with E-state index in [0.717, 1.165) is 41.4 Å². The molecule has 2 saturated heterocycles. The normalized spacial score (nSPS) is 32.9. The van der Waals surface area contributed by atoms with Crippen molar-refractivity contribution < 1.29 is 24.5 Å². The van der Waals surface area contributed by atoms with Crippen molar-refractivity contribution in [1.29, 1.82) is 0 Å². The number of carbonyl (C=O) groups is 2. The van der Waals surface area contributed by atoms with Crippen LogP contribution in [0.15, 0.2) is 15.3 Å². The highest BCUT2D eigenvalue weighted by atomic mass is 32.2. The molecule has 3 rings (SSSR count). The van der Waals surface area contributed by atoms with Crippen LogP contribution in [0.1, 0.15) is 70.9 Å². The molecule has 2 fully saturated rings. The molecule has 36 heavy (non-hydrogen) atoms. The van der Waals surface area contributed by atoms with Gasteiger partial charge in [0.05, 0.1) is 24.3 Å². The number of aromatic nitrogens is 1. The first kappa shape index (κ1) is 28.9. The van der Waals surface area contributed by atoms with Crippen LogP contribution in [0.3, 0.4) is 0 Å². The van der Waals surface area contributed by atoms with E-state index >= 15 is 0 Å². The van der Waals surface area contributed by atoms with Gasteiger partial charge < -0.3 is 14.9 Å². The van der Waals surface area contributed by atoms with Gasteiger partial charge in [0, 0.05) is 49.2 Å². The molecule has 7 atom stereocenters. The predicted octanol–water partition coefficient (Wildman–Crippen LogP) is 3.93. The van der Waals surface area contributed by atoms with E-state index in [1.807, 2.05) is 24.6 Å². The fourth-order valence-electron chi connectivity index (χ4n) is 4.89. The summed E-state index contributed by atoms with van der Waals surface area (Å²) in [4.78, 5) is 32.4. The number of ether oxygens (including phenoxy) is 1. The quantitative estimate of drug-likeness (QED) is 0.254. The smallest absolute Gasteiger partial charge is 0.309 e. The summed E-state index contributed by atoms with van der Waals surface area (Å²) >= 11 is 3.16. The number of cyclic esters (lactones) is 1. The maximum Gasteiger partial charge on any atom is 0.309 e. The Kier molecular flexibility index (Phi) is 11.0. The van der Waals surface area contributed by atoms with Gasteiger partial charge in [0.25, 0.3) is 0 Å². The number of aliphatic hydroxyl groups excluding tert-OH is 2. The molecule has 0 bridgehead atoms. The number of thioether (sulfide) groups is 1. The third-order valence-electron chi connectivity index (χ3n) is 7.19. The van der Waals surface area contributed by atoms with Crippen molar-refractivity contribution in [3.8, 4) is 12.3 Å². The lowest BCUT2D eigenvalue weighted by atomic mass is 9.92. The monoisotopic (exact) mass is 534 g/mol. The molecule has 0 aliphatic carbocycles. The molecule has 0 radical (unpaired) electrons. The van der Waals surface area contributed by atoms with Gasteiger partial charge in [-0.3, -0.25) is 14.5 Å². The maximum atomic E-state index is 12.9. The van der Waals surface area contributed by atoms with Gasteiger partial charge in [0.1, 0.15) is 16.2 Å². The van der Waals surface area contributed by atoms with Crippen LogP contribution in [0.25, 0.3) is 6.08 Å². The number of hydrogen-bond donors (Lipinski definition) is 2. The van der Waals surface area contributed by atoms with Gasteiger partial charge in [-0.1, -0.05) is 31.5 Å². The van der Waals surface area contributed by atoms with Crippen molar-refractivity contribution in [3.63, 3.8) is 0 Å². The Hall–Kier alpha value is -1.70. The lowest BCUT2D eigenvalue weighted by Crippen LogP contribution is -2.32. The maximum absolute atomic E-state index is 12.9. The molecule has 0 saturated carbocycles. The zero-order chi connectivity index (χ0) is 26.2. The summed E-state index contributed by atoms with van der Waals surface area (Å²) in [5.41, 5.74) is 1.73. The molecule has 2 N–H and O–H groups in total. The predicted molar refractivity (Wildman–Crippen MR) is 144 cm³/mol. The zero-order valence-electron chi connectivity index (χ0n) is 21.4. The van der Waals surface area contributed by atoms with Crippen LogP contribution in [0, 0.1) is 18.3 Å².